The average Bonchev–Trinajstić information content (AvgIpc) is 3.31. The number of benzene rings is 1. The number of carbonyl (C=O) groups excluding carboxylic acids is 1. The highest BCUT2D eigenvalue weighted by Crippen LogP contribution is 2.15. The maximum atomic E-state index is 12.4. The van der Waals surface area contributed by atoms with Gasteiger partial charge in [0.1, 0.15) is 0 Å². The Kier molecular flexibility index (Phi) is 9.56. The van der Waals surface area contributed by atoms with E-state index in [-0.39, 0.29) is 35.6 Å². The van der Waals surface area contributed by atoms with Crippen molar-refractivity contribution in [1.82, 2.24) is 15.1 Å². The Labute approximate surface area is 197 Å². The minimum Gasteiger partial charge on any atom is -0.459 e. The average molecular weight is 542 g/mol. The molecule has 1 aliphatic heterocycles. The van der Waals surface area contributed by atoms with Gasteiger partial charge in [-0.05, 0) is 31.2 Å². The second-order valence-corrected chi connectivity index (χ2v) is 6.72. The summed E-state index contributed by atoms with van der Waals surface area (Å²) in [6.45, 7) is 6.49. The van der Waals surface area contributed by atoms with Gasteiger partial charge in [-0.25, -0.2) is 0 Å². The Balaban J connectivity index is 0.00000341. The van der Waals surface area contributed by atoms with Gasteiger partial charge in [0.05, 0.1) is 17.7 Å². The van der Waals surface area contributed by atoms with E-state index in [2.05, 4.69) is 20.5 Å². The van der Waals surface area contributed by atoms with Crippen LogP contribution in [0.15, 0.2) is 52.1 Å². The molecule has 0 aliphatic carbocycles. The zero-order valence-corrected chi connectivity index (χ0v) is 19.7. The Hall–Kier alpha value is -2.83. The molecule has 0 bridgehead atoms. The van der Waals surface area contributed by atoms with Gasteiger partial charge in [0.25, 0.3) is 11.6 Å². The molecule has 2 heterocycles. The molecule has 10 nitrogen and oxygen atoms in total. The highest BCUT2D eigenvalue weighted by atomic mass is 127. The number of nitrogens with one attached hydrogen (secondary N) is 2. The molecule has 1 aromatic heterocycles. The second-order valence-electron chi connectivity index (χ2n) is 6.72. The first-order valence-corrected chi connectivity index (χ1v) is 9.93. The van der Waals surface area contributed by atoms with Gasteiger partial charge in [-0.2, -0.15) is 0 Å². The van der Waals surface area contributed by atoms with Crippen LogP contribution in [0.25, 0.3) is 0 Å². The molecular weight excluding hydrogens is 515 g/mol. The molecule has 2 aromatic rings. The van der Waals surface area contributed by atoms with Crippen molar-refractivity contribution in [2.24, 2.45) is 4.99 Å². The first kappa shape index (κ1) is 24.4. The van der Waals surface area contributed by atoms with Gasteiger partial charge in [-0.1, -0.05) is 0 Å². The number of piperazine rings is 1. The summed E-state index contributed by atoms with van der Waals surface area (Å²) in [6.07, 6.45) is 1.50. The molecule has 1 saturated heterocycles. The fourth-order valence-electron chi connectivity index (χ4n) is 3.17. The second kappa shape index (κ2) is 12.1. The van der Waals surface area contributed by atoms with Gasteiger partial charge in [-0.15, -0.1) is 24.0 Å². The summed E-state index contributed by atoms with van der Waals surface area (Å²) in [5.74, 6) is 1.09. The highest BCUT2D eigenvalue weighted by Gasteiger charge is 2.25. The number of anilines is 1. The van der Waals surface area contributed by atoms with E-state index in [1.165, 1.54) is 18.4 Å². The van der Waals surface area contributed by atoms with Crippen LogP contribution >= 0.6 is 24.0 Å². The number of furan rings is 1. The van der Waals surface area contributed by atoms with Crippen molar-refractivity contribution in [3.63, 3.8) is 0 Å². The molecule has 3 rings (SSSR count). The SMILES string of the molecule is CCNC(=NCCNc1ccc([N+](=O)[O-])cc1)N1CCN(C(=O)c2ccco2)CC1.I. The molecule has 0 unspecified atom stereocenters. The summed E-state index contributed by atoms with van der Waals surface area (Å²) in [5.41, 5.74) is 0.878. The Morgan fingerprint density at radius 1 is 1.16 bits per heavy atom. The van der Waals surface area contributed by atoms with Crippen LogP contribution in [-0.2, 0) is 0 Å². The van der Waals surface area contributed by atoms with Crippen LogP contribution in [0, 0.1) is 10.1 Å². The molecule has 2 N–H and O–H groups in total. The maximum Gasteiger partial charge on any atom is 0.289 e. The summed E-state index contributed by atoms with van der Waals surface area (Å²) >= 11 is 0. The molecule has 1 aliphatic rings. The van der Waals surface area contributed by atoms with Crippen LogP contribution < -0.4 is 10.6 Å². The Morgan fingerprint density at radius 3 is 2.42 bits per heavy atom. The lowest BCUT2D eigenvalue weighted by atomic mass is 10.3. The van der Waals surface area contributed by atoms with Gasteiger partial charge in [0.15, 0.2) is 11.7 Å². The van der Waals surface area contributed by atoms with Crippen molar-refractivity contribution >= 4 is 47.2 Å². The van der Waals surface area contributed by atoms with E-state index >= 15 is 0 Å². The largest absolute Gasteiger partial charge is 0.459 e. The summed E-state index contributed by atoms with van der Waals surface area (Å²) in [5, 5.41) is 17.2. The summed E-state index contributed by atoms with van der Waals surface area (Å²) in [4.78, 5) is 31.3. The first-order chi connectivity index (χ1) is 14.6. The zero-order valence-electron chi connectivity index (χ0n) is 17.3. The van der Waals surface area contributed by atoms with Crippen LogP contribution in [-0.4, -0.2) is 72.4 Å². The molecule has 0 saturated carbocycles. The number of hydrogen-bond donors (Lipinski definition) is 2. The summed E-state index contributed by atoms with van der Waals surface area (Å²) in [6, 6.07) is 9.70. The number of carbonyl (C=O) groups is 1. The van der Waals surface area contributed by atoms with Gasteiger partial charge < -0.3 is 24.9 Å². The van der Waals surface area contributed by atoms with Gasteiger partial charge in [0, 0.05) is 57.1 Å². The van der Waals surface area contributed by atoms with Crippen molar-refractivity contribution in [2.45, 2.75) is 6.92 Å². The van der Waals surface area contributed by atoms with Gasteiger partial charge in [0.2, 0.25) is 0 Å². The zero-order chi connectivity index (χ0) is 21.3. The molecule has 168 valence electrons. The lowest BCUT2D eigenvalue weighted by Crippen LogP contribution is -2.53. The third-order valence-corrected chi connectivity index (χ3v) is 4.71. The standard InChI is InChI=1S/C20H26N6O4.HI/c1-2-21-20(23-10-9-22-16-5-7-17(8-6-16)26(28)29)25-13-11-24(12-14-25)19(27)18-4-3-15-30-18;/h3-8,15,22H,2,9-14H2,1H3,(H,21,23);1H. The molecule has 0 radical (unpaired) electrons. The number of non-ortho nitro benzene ring substituents is 1. The summed E-state index contributed by atoms with van der Waals surface area (Å²) in [7, 11) is 0. The van der Waals surface area contributed by atoms with Crippen molar-refractivity contribution in [3.8, 4) is 0 Å². The quantitative estimate of drug-likeness (QED) is 0.138. The minimum absolute atomic E-state index is 0. The van der Waals surface area contributed by atoms with E-state index in [9.17, 15) is 14.9 Å². The molecule has 1 fully saturated rings. The molecule has 0 atom stereocenters. The van der Waals surface area contributed by atoms with Crippen molar-refractivity contribution in [1.29, 1.82) is 0 Å². The molecular formula is C20H27IN6O4. The molecule has 1 amide bonds. The predicted octanol–water partition coefficient (Wildman–Crippen LogP) is 2.64. The number of hydrogen-bond acceptors (Lipinski definition) is 6. The number of aliphatic imine (C=N–C) groups is 1. The fourth-order valence-corrected chi connectivity index (χ4v) is 3.17. The normalized spacial score (nSPS) is 14.0. The lowest BCUT2D eigenvalue weighted by Gasteiger charge is -2.36. The van der Waals surface area contributed by atoms with Gasteiger partial charge in [-0.3, -0.25) is 19.9 Å². The monoisotopic (exact) mass is 542 g/mol. The predicted molar refractivity (Wildman–Crippen MR) is 129 cm³/mol. The van der Waals surface area contributed by atoms with Crippen molar-refractivity contribution in [3.05, 3.63) is 58.5 Å². The van der Waals surface area contributed by atoms with Crippen molar-refractivity contribution < 1.29 is 14.1 Å². The number of nitro benzene ring substituents is 1. The minimum atomic E-state index is -0.418. The highest BCUT2D eigenvalue weighted by molar-refractivity contribution is 14.0. The Bertz CT molecular complexity index is 864. The number of nitro groups is 1. The number of nitrogens with zero attached hydrogens (tertiary/aromatic N) is 4. The smallest absolute Gasteiger partial charge is 0.289 e. The van der Waals surface area contributed by atoms with E-state index in [4.69, 9.17) is 4.42 Å². The topological polar surface area (TPSA) is 116 Å². The number of guanidine groups is 1. The Morgan fingerprint density at radius 2 is 1.84 bits per heavy atom. The van der Waals surface area contributed by atoms with E-state index in [0.717, 1.165) is 18.2 Å². The fraction of sp³-hybridized carbons (Fsp3) is 0.400. The first-order valence-electron chi connectivity index (χ1n) is 9.93. The van der Waals surface area contributed by atoms with Crippen LogP contribution in [0.4, 0.5) is 11.4 Å². The molecule has 31 heavy (non-hydrogen) atoms. The third-order valence-electron chi connectivity index (χ3n) is 4.71. The van der Waals surface area contributed by atoms with Crippen molar-refractivity contribution in [2.75, 3.05) is 51.1 Å². The van der Waals surface area contributed by atoms with E-state index < -0.39 is 4.92 Å². The number of rotatable bonds is 7. The van der Waals surface area contributed by atoms with E-state index in [1.807, 2.05) is 6.92 Å². The number of halogens is 1. The van der Waals surface area contributed by atoms with E-state index in [0.29, 0.717) is 45.0 Å². The molecule has 1 aromatic carbocycles. The number of amides is 1. The lowest BCUT2D eigenvalue weighted by molar-refractivity contribution is -0.384. The van der Waals surface area contributed by atoms with Crippen LogP contribution in [0.2, 0.25) is 0 Å². The van der Waals surface area contributed by atoms with Crippen LogP contribution in [0.1, 0.15) is 17.5 Å². The van der Waals surface area contributed by atoms with E-state index in [1.54, 1.807) is 29.2 Å². The van der Waals surface area contributed by atoms with Crippen LogP contribution in [0.3, 0.4) is 0 Å². The van der Waals surface area contributed by atoms with Crippen LogP contribution in [0.5, 0.6) is 0 Å². The summed E-state index contributed by atoms with van der Waals surface area (Å²) < 4.78 is 5.20. The molecule has 0 spiro atoms. The third kappa shape index (κ3) is 6.84. The van der Waals surface area contributed by atoms with Gasteiger partial charge >= 0.3 is 0 Å². The molecule has 11 heteroatoms. The maximum absolute atomic E-state index is 12.4.